The lowest BCUT2D eigenvalue weighted by Gasteiger charge is -2.40. The molecule has 3 fully saturated rings. The number of amides is 4. The summed E-state index contributed by atoms with van der Waals surface area (Å²) in [6.07, 6.45) is 2.46. The van der Waals surface area contributed by atoms with Crippen LogP contribution in [-0.4, -0.2) is 64.2 Å². The molecular weight excluding hydrogens is 348 g/mol. The normalized spacial score (nSPS) is 28.3. The molecule has 4 rings (SSSR count). The van der Waals surface area contributed by atoms with Gasteiger partial charge in [0.1, 0.15) is 5.54 Å². The second-order valence-electron chi connectivity index (χ2n) is 7.95. The van der Waals surface area contributed by atoms with E-state index in [-0.39, 0.29) is 30.2 Å². The fourth-order valence-corrected chi connectivity index (χ4v) is 4.29. The van der Waals surface area contributed by atoms with Gasteiger partial charge in [-0.25, -0.2) is 4.79 Å². The number of hydrogen-bond acceptors (Lipinski definition) is 5. The molecular formula is C18H26N6O3. The Labute approximate surface area is 157 Å². The van der Waals surface area contributed by atoms with Gasteiger partial charge in [-0.05, 0) is 39.0 Å². The summed E-state index contributed by atoms with van der Waals surface area (Å²) >= 11 is 0. The molecule has 1 aromatic rings. The molecule has 27 heavy (non-hydrogen) atoms. The van der Waals surface area contributed by atoms with E-state index >= 15 is 0 Å². The van der Waals surface area contributed by atoms with Crippen molar-refractivity contribution in [3.8, 4) is 0 Å². The van der Waals surface area contributed by atoms with E-state index in [1.54, 1.807) is 0 Å². The molecule has 1 aromatic heterocycles. The summed E-state index contributed by atoms with van der Waals surface area (Å²) in [5.74, 6) is 0.809. The Balaban J connectivity index is 1.35. The number of aromatic amines is 1. The van der Waals surface area contributed by atoms with E-state index in [9.17, 15) is 14.4 Å². The third-order valence-corrected chi connectivity index (χ3v) is 5.94. The fraction of sp³-hybridized carbons (Fsp3) is 0.667. The smallest absolute Gasteiger partial charge is 0.322 e. The Morgan fingerprint density at radius 1 is 1.33 bits per heavy atom. The molecule has 3 N–H and O–H groups in total. The lowest BCUT2D eigenvalue weighted by molar-refractivity contribution is -0.133. The lowest BCUT2D eigenvalue weighted by Crippen LogP contribution is -2.55. The van der Waals surface area contributed by atoms with Crippen molar-refractivity contribution in [2.24, 2.45) is 5.92 Å². The largest absolute Gasteiger partial charge is 0.349 e. The molecule has 1 unspecified atom stereocenters. The topological polar surface area (TPSA) is 110 Å². The van der Waals surface area contributed by atoms with Gasteiger partial charge < -0.3 is 15.1 Å². The summed E-state index contributed by atoms with van der Waals surface area (Å²) in [6.45, 7) is 6.03. The zero-order chi connectivity index (χ0) is 19.2. The van der Waals surface area contributed by atoms with Crippen molar-refractivity contribution in [3.05, 3.63) is 11.8 Å². The molecule has 146 valence electrons. The molecule has 0 radical (unpaired) electrons. The maximum absolute atomic E-state index is 12.8. The molecule has 9 nitrogen and oxygen atoms in total. The number of aromatic nitrogens is 2. The molecule has 3 aliphatic rings. The first kappa shape index (κ1) is 17.8. The first-order valence-electron chi connectivity index (χ1n) is 9.59. The zero-order valence-corrected chi connectivity index (χ0v) is 15.7. The molecule has 9 heteroatoms. The number of rotatable bonds is 5. The monoisotopic (exact) mass is 374 g/mol. The number of anilines is 1. The molecule has 2 saturated heterocycles. The summed E-state index contributed by atoms with van der Waals surface area (Å²) in [6, 6.07) is 1.72. The second kappa shape index (κ2) is 6.54. The number of hydrogen-bond donors (Lipinski definition) is 3. The van der Waals surface area contributed by atoms with Crippen LogP contribution in [0.2, 0.25) is 0 Å². The van der Waals surface area contributed by atoms with Crippen LogP contribution in [0, 0.1) is 12.8 Å². The third kappa shape index (κ3) is 3.26. The predicted molar refractivity (Wildman–Crippen MR) is 98.1 cm³/mol. The van der Waals surface area contributed by atoms with Gasteiger partial charge in [0.15, 0.2) is 5.82 Å². The number of carbonyl (C=O) groups excluding carboxylic acids is 3. The number of urea groups is 1. The van der Waals surface area contributed by atoms with Crippen molar-refractivity contribution in [3.63, 3.8) is 0 Å². The van der Waals surface area contributed by atoms with Crippen molar-refractivity contribution < 1.29 is 14.4 Å². The van der Waals surface area contributed by atoms with Gasteiger partial charge in [0.25, 0.3) is 5.91 Å². The fourth-order valence-electron chi connectivity index (χ4n) is 4.29. The number of imide groups is 1. The first-order chi connectivity index (χ1) is 12.9. The highest BCUT2D eigenvalue weighted by Crippen LogP contribution is 2.43. The summed E-state index contributed by atoms with van der Waals surface area (Å²) in [7, 11) is 0. The first-order valence-corrected chi connectivity index (χ1v) is 9.59. The molecule has 0 aromatic carbocycles. The van der Waals surface area contributed by atoms with Gasteiger partial charge in [-0.2, -0.15) is 5.10 Å². The number of piperazine rings is 1. The number of H-pyrrole nitrogens is 1. The van der Waals surface area contributed by atoms with Gasteiger partial charge in [-0.1, -0.05) is 0 Å². The summed E-state index contributed by atoms with van der Waals surface area (Å²) < 4.78 is 0. The molecule has 2 aliphatic heterocycles. The van der Waals surface area contributed by atoms with Gasteiger partial charge in [0.2, 0.25) is 5.91 Å². The van der Waals surface area contributed by atoms with Crippen LogP contribution in [0.25, 0.3) is 0 Å². The van der Waals surface area contributed by atoms with E-state index in [1.807, 2.05) is 17.9 Å². The van der Waals surface area contributed by atoms with Crippen LogP contribution in [0.4, 0.5) is 10.6 Å². The van der Waals surface area contributed by atoms with E-state index in [2.05, 4.69) is 32.7 Å². The Morgan fingerprint density at radius 2 is 2.11 bits per heavy atom. The molecule has 0 bridgehead atoms. The van der Waals surface area contributed by atoms with Crippen LogP contribution in [0.5, 0.6) is 0 Å². The third-order valence-electron chi connectivity index (χ3n) is 5.94. The number of carbonyl (C=O) groups is 3. The summed E-state index contributed by atoms with van der Waals surface area (Å²) in [4.78, 5) is 40.7. The highest BCUT2D eigenvalue weighted by molar-refractivity contribution is 6.07. The Bertz CT molecular complexity index is 773. The maximum atomic E-state index is 12.8. The average Bonchev–Trinajstić information content (AvgIpc) is 3.33. The van der Waals surface area contributed by atoms with Crippen LogP contribution in [0.3, 0.4) is 0 Å². The highest BCUT2D eigenvalue weighted by atomic mass is 16.2. The summed E-state index contributed by atoms with van der Waals surface area (Å²) in [5, 5.41) is 12.4. The van der Waals surface area contributed by atoms with Crippen molar-refractivity contribution in [2.45, 2.75) is 51.1 Å². The molecule has 1 aliphatic carbocycles. The Kier molecular flexibility index (Phi) is 4.32. The molecule has 1 saturated carbocycles. The average molecular weight is 374 g/mol. The lowest BCUT2D eigenvalue weighted by atomic mass is 9.87. The van der Waals surface area contributed by atoms with Crippen molar-refractivity contribution in [1.82, 2.24) is 25.7 Å². The van der Waals surface area contributed by atoms with Gasteiger partial charge >= 0.3 is 6.03 Å². The Morgan fingerprint density at radius 3 is 2.67 bits per heavy atom. The van der Waals surface area contributed by atoms with Crippen LogP contribution >= 0.6 is 0 Å². The molecule has 4 amide bonds. The van der Waals surface area contributed by atoms with Crippen LogP contribution in [0.15, 0.2) is 6.07 Å². The standard InChI is InChI=1S/C18H26N6O3/c1-11-9-14(22-21-11)24-8-7-23(10-12(24)2)15(25)5-6-18(13-3-4-13)16(26)19-17(27)20-18/h9,12-13H,3-8,10H2,1-2H3,(H,21,22)(H2,19,20,26,27)/t12-,18?/m0/s1. The molecule has 0 spiro atoms. The van der Waals surface area contributed by atoms with Crippen molar-refractivity contribution in [2.75, 3.05) is 24.5 Å². The van der Waals surface area contributed by atoms with Crippen LogP contribution in [0.1, 0.15) is 38.3 Å². The SMILES string of the molecule is Cc1cc(N2CCN(C(=O)CCC3(C4CC4)NC(=O)NC3=O)C[C@@H]2C)n[nH]1. The van der Waals surface area contributed by atoms with Gasteiger partial charge in [-0.3, -0.25) is 20.0 Å². The quantitative estimate of drug-likeness (QED) is 0.651. The molecule has 2 atom stereocenters. The second-order valence-corrected chi connectivity index (χ2v) is 7.95. The van der Waals surface area contributed by atoms with E-state index < -0.39 is 11.6 Å². The van der Waals surface area contributed by atoms with Crippen molar-refractivity contribution in [1.29, 1.82) is 0 Å². The van der Waals surface area contributed by atoms with Crippen LogP contribution < -0.4 is 15.5 Å². The minimum absolute atomic E-state index is 0.0358. The van der Waals surface area contributed by atoms with E-state index in [1.165, 1.54) is 0 Å². The van der Waals surface area contributed by atoms with E-state index in [4.69, 9.17) is 0 Å². The predicted octanol–water partition coefficient (Wildman–Crippen LogP) is 0.524. The Hall–Kier alpha value is -2.58. The summed E-state index contributed by atoms with van der Waals surface area (Å²) in [5.41, 5.74) is 0.116. The van der Waals surface area contributed by atoms with E-state index in [0.29, 0.717) is 19.5 Å². The molecule has 3 heterocycles. The number of nitrogens with one attached hydrogen (secondary N) is 3. The minimum atomic E-state index is -0.896. The highest BCUT2D eigenvalue weighted by Gasteiger charge is 2.55. The minimum Gasteiger partial charge on any atom is -0.349 e. The van der Waals surface area contributed by atoms with Gasteiger partial charge in [0, 0.05) is 43.9 Å². The van der Waals surface area contributed by atoms with Gasteiger partial charge in [0.05, 0.1) is 0 Å². The van der Waals surface area contributed by atoms with Gasteiger partial charge in [-0.15, -0.1) is 0 Å². The maximum Gasteiger partial charge on any atom is 0.322 e. The van der Waals surface area contributed by atoms with Crippen molar-refractivity contribution >= 4 is 23.7 Å². The number of nitrogens with zero attached hydrogens (tertiary/aromatic N) is 3. The number of aryl methyl sites for hydroxylation is 1. The zero-order valence-electron chi connectivity index (χ0n) is 15.7. The van der Waals surface area contributed by atoms with Crippen LogP contribution in [-0.2, 0) is 9.59 Å². The van der Waals surface area contributed by atoms with E-state index in [0.717, 1.165) is 30.9 Å².